The molecule has 2 aromatic heterocycles. The summed E-state index contributed by atoms with van der Waals surface area (Å²) in [5.74, 6) is 0.0631. The number of imidazole rings is 1. The Labute approximate surface area is 302 Å². The lowest BCUT2D eigenvalue weighted by molar-refractivity contribution is 0.0779. The molecule has 52 heavy (non-hydrogen) atoms. The Morgan fingerprint density at radius 2 is 1.65 bits per heavy atom. The summed E-state index contributed by atoms with van der Waals surface area (Å²) < 4.78 is 47.4. The molecule has 0 radical (unpaired) electrons. The zero-order chi connectivity index (χ0) is 36.2. The lowest BCUT2D eigenvalue weighted by atomic mass is 9.76. The molecular formula is C40H44F2N6O4. The van der Waals surface area contributed by atoms with Crippen LogP contribution in [0.25, 0.3) is 11.0 Å². The van der Waals surface area contributed by atoms with Gasteiger partial charge in [0.05, 0.1) is 44.6 Å². The van der Waals surface area contributed by atoms with Gasteiger partial charge in [0.1, 0.15) is 0 Å². The molecule has 12 heteroatoms. The first-order chi connectivity index (χ1) is 25.3. The highest BCUT2D eigenvalue weighted by molar-refractivity contribution is 5.96. The molecule has 2 saturated heterocycles. The number of aromatic nitrogens is 3. The van der Waals surface area contributed by atoms with Crippen LogP contribution in [0.4, 0.5) is 14.7 Å². The molecule has 2 aliphatic rings. The highest BCUT2D eigenvalue weighted by Crippen LogP contribution is 2.42. The number of benzene rings is 3. The SMILES string of the molecule is COc1cc(C(=O)N2CCC(CCN3CCC(Nc4nc5ccccc5n4Cc4ccccn4)CC3)(c3ccc(F)c(F)c3)C2)cc(OC)c1OC. The lowest BCUT2D eigenvalue weighted by Gasteiger charge is -2.36. The number of fused-ring (bicyclic) bond motifs is 1. The first-order valence-electron chi connectivity index (χ1n) is 17.7. The summed E-state index contributed by atoms with van der Waals surface area (Å²) in [4.78, 5) is 27.6. The average Bonchev–Trinajstić information content (AvgIpc) is 3.77. The largest absolute Gasteiger partial charge is 0.493 e. The number of nitrogens with zero attached hydrogens (tertiary/aromatic N) is 5. The molecule has 0 bridgehead atoms. The molecule has 7 rings (SSSR count). The number of hydrogen-bond acceptors (Lipinski definition) is 8. The maximum Gasteiger partial charge on any atom is 0.254 e. The fourth-order valence-corrected chi connectivity index (χ4v) is 7.70. The fourth-order valence-electron chi connectivity index (χ4n) is 7.70. The Morgan fingerprint density at radius 3 is 2.35 bits per heavy atom. The lowest BCUT2D eigenvalue weighted by Crippen LogP contribution is -2.42. The van der Waals surface area contributed by atoms with Gasteiger partial charge in [-0.25, -0.2) is 13.8 Å². The average molecular weight is 711 g/mol. The van der Waals surface area contributed by atoms with E-state index in [0.717, 1.165) is 55.2 Å². The number of methoxy groups -OCH3 is 3. The van der Waals surface area contributed by atoms with Gasteiger partial charge in [0.25, 0.3) is 5.91 Å². The third-order valence-electron chi connectivity index (χ3n) is 10.6. The number of piperidine rings is 1. The quantitative estimate of drug-likeness (QED) is 0.156. The number of likely N-dealkylation sites (tertiary alicyclic amines) is 2. The molecular weight excluding hydrogens is 666 g/mol. The Balaban J connectivity index is 1.04. The first kappa shape index (κ1) is 35.2. The van der Waals surface area contributed by atoms with Crippen molar-refractivity contribution in [2.24, 2.45) is 0 Å². The first-order valence-corrected chi connectivity index (χ1v) is 17.7. The van der Waals surface area contributed by atoms with Crippen molar-refractivity contribution in [1.29, 1.82) is 0 Å². The molecule has 0 aliphatic carbocycles. The van der Waals surface area contributed by atoms with Crippen LogP contribution in [-0.2, 0) is 12.0 Å². The normalized spacial score (nSPS) is 18.1. The molecule has 2 aliphatic heterocycles. The Kier molecular flexibility index (Phi) is 10.3. The Morgan fingerprint density at radius 1 is 0.904 bits per heavy atom. The standard InChI is InChI=1S/C40H44F2N6O4/c1-50-35-22-27(23-36(51-2)37(35)52-3)38(49)47-21-16-40(26-47,28-11-12-31(41)32(42)24-28)15-20-46-18-13-29(14-19-46)44-39-45-33-9-4-5-10-34(33)48(39)25-30-8-6-7-17-43-30/h4-12,17,22-24,29H,13-16,18-21,25-26H2,1-3H3,(H,44,45). The van der Waals surface area contributed by atoms with Crippen LogP contribution in [-0.4, -0.2) is 90.3 Å². The Hall–Kier alpha value is -5.23. The number of rotatable bonds is 12. The minimum Gasteiger partial charge on any atom is -0.493 e. The van der Waals surface area contributed by atoms with Crippen LogP contribution >= 0.6 is 0 Å². The van der Waals surface area contributed by atoms with Crippen LogP contribution in [0.3, 0.4) is 0 Å². The van der Waals surface area contributed by atoms with Crippen LogP contribution in [0.5, 0.6) is 17.2 Å². The van der Waals surface area contributed by atoms with E-state index in [1.807, 2.05) is 42.6 Å². The summed E-state index contributed by atoms with van der Waals surface area (Å²) >= 11 is 0. The van der Waals surface area contributed by atoms with E-state index in [4.69, 9.17) is 19.2 Å². The van der Waals surface area contributed by atoms with Gasteiger partial charge in [-0.1, -0.05) is 24.3 Å². The minimum atomic E-state index is -0.884. The van der Waals surface area contributed by atoms with Crippen molar-refractivity contribution < 1.29 is 27.8 Å². The van der Waals surface area contributed by atoms with Crippen molar-refractivity contribution in [3.63, 3.8) is 0 Å². The summed E-state index contributed by atoms with van der Waals surface area (Å²) in [6, 6.07) is 21.8. The van der Waals surface area contributed by atoms with Gasteiger partial charge in [-0.15, -0.1) is 0 Å². The number of carbonyl (C=O) groups is 1. The summed E-state index contributed by atoms with van der Waals surface area (Å²) in [7, 11) is 4.53. The van der Waals surface area contributed by atoms with Gasteiger partial charge in [0, 0.05) is 49.4 Å². The van der Waals surface area contributed by atoms with Crippen LogP contribution in [0.15, 0.2) is 79.0 Å². The smallest absolute Gasteiger partial charge is 0.254 e. The van der Waals surface area contributed by atoms with Crippen LogP contribution < -0.4 is 19.5 Å². The van der Waals surface area contributed by atoms with Crippen molar-refractivity contribution in [3.8, 4) is 17.2 Å². The molecule has 1 amide bonds. The summed E-state index contributed by atoms with van der Waals surface area (Å²) in [5.41, 5.74) is 3.53. The number of nitrogens with one attached hydrogen (secondary N) is 1. The zero-order valence-corrected chi connectivity index (χ0v) is 29.8. The van der Waals surface area contributed by atoms with Crippen molar-refractivity contribution in [2.45, 2.75) is 43.7 Å². The minimum absolute atomic E-state index is 0.190. The second kappa shape index (κ2) is 15.2. The second-order valence-electron chi connectivity index (χ2n) is 13.6. The number of ether oxygens (including phenoxy) is 3. The van der Waals surface area contributed by atoms with E-state index in [1.54, 1.807) is 23.1 Å². The Bertz CT molecular complexity index is 2010. The van der Waals surface area contributed by atoms with E-state index in [2.05, 4.69) is 25.8 Å². The molecule has 1 unspecified atom stereocenters. The predicted molar refractivity (Wildman–Crippen MR) is 195 cm³/mol. The number of halogens is 2. The van der Waals surface area contributed by atoms with E-state index in [0.29, 0.717) is 60.9 Å². The van der Waals surface area contributed by atoms with E-state index in [1.165, 1.54) is 33.5 Å². The van der Waals surface area contributed by atoms with Crippen molar-refractivity contribution in [2.75, 3.05) is 59.4 Å². The third kappa shape index (κ3) is 7.12. The van der Waals surface area contributed by atoms with Gasteiger partial charge in [-0.2, -0.15) is 0 Å². The predicted octanol–water partition coefficient (Wildman–Crippen LogP) is 6.53. The zero-order valence-electron chi connectivity index (χ0n) is 29.8. The number of pyridine rings is 1. The van der Waals surface area contributed by atoms with E-state index < -0.39 is 17.0 Å². The van der Waals surface area contributed by atoms with Gasteiger partial charge in [-0.05, 0) is 86.3 Å². The molecule has 1 N–H and O–H groups in total. The topological polar surface area (TPSA) is 94.0 Å². The molecule has 1 atom stereocenters. The van der Waals surface area contributed by atoms with Gasteiger partial charge in [0.15, 0.2) is 23.1 Å². The van der Waals surface area contributed by atoms with Gasteiger partial charge in [-0.3, -0.25) is 9.78 Å². The van der Waals surface area contributed by atoms with Crippen LogP contribution in [0.1, 0.15) is 47.3 Å². The summed E-state index contributed by atoms with van der Waals surface area (Å²) in [5, 5.41) is 3.73. The molecule has 3 aromatic carbocycles. The number of anilines is 1. The van der Waals surface area contributed by atoms with Gasteiger partial charge >= 0.3 is 0 Å². The number of carbonyl (C=O) groups excluding carboxylic acids is 1. The van der Waals surface area contributed by atoms with Gasteiger partial charge in [0.2, 0.25) is 11.7 Å². The van der Waals surface area contributed by atoms with Crippen molar-refractivity contribution in [1.82, 2.24) is 24.3 Å². The molecule has 5 aromatic rings. The molecule has 2 fully saturated rings. The van der Waals surface area contributed by atoms with E-state index in [-0.39, 0.29) is 11.9 Å². The fraction of sp³-hybridized carbons (Fsp3) is 0.375. The molecule has 10 nitrogen and oxygen atoms in total. The van der Waals surface area contributed by atoms with Crippen LogP contribution in [0.2, 0.25) is 0 Å². The van der Waals surface area contributed by atoms with E-state index >= 15 is 0 Å². The van der Waals surface area contributed by atoms with Crippen molar-refractivity contribution in [3.05, 3.63) is 107 Å². The molecule has 0 saturated carbocycles. The van der Waals surface area contributed by atoms with Crippen LogP contribution in [0, 0.1) is 11.6 Å². The molecule has 0 spiro atoms. The molecule has 4 heterocycles. The number of para-hydroxylation sites is 2. The van der Waals surface area contributed by atoms with E-state index in [9.17, 15) is 13.6 Å². The molecule has 272 valence electrons. The third-order valence-corrected chi connectivity index (χ3v) is 10.6. The number of hydrogen-bond donors (Lipinski definition) is 1. The maximum absolute atomic E-state index is 14.7. The second-order valence-corrected chi connectivity index (χ2v) is 13.6. The van der Waals surface area contributed by atoms with Gasteiger partial charge < -0.3 is 33.9 Å². The monoisotopic (exact) mass is 710 g/mol. The highest BCUT2D eigenvalue weighted by Gasteiger charge is 2.42. The maximum atomic E-state index is 14.7. The summed E-state index contributed by atoms with van der Waals surface area (Å²) in [6.07, 6.45) is 4.98. The highest BCUT2D eigenvalue weighted by atomic mass is 19.2. The number of amides is 1. The summed E-state index contributed by atoms with van der Waals surface area (Å²) in [6.45, 7) is 3.97. The van der Waals surface area contributed by atoms with Crippen molar-refractivity contribution >= 4 is 22.9 Å².